The molecule has 1 aromatic carbocycles. The number of halogens is 1. The molecule has 0 aliphatic rings. The molecule has 0 saturated carbocycles. The van der Waals surface area contributed by atoms with Crippen LogP contribution in [0, 0.1) is 0 Å². The zero-order valence-corrected chi connectivity index (χ0v) is 9.39. The van der Waals surface area contributed by atoms with E-state index in [9.17, 15) is 12.3 Å². The lowest BCUT2D eigenvalue weighted by molar-refractivity contribution is 0.440. The van der Waals surface area contributed by atoms with Crippen LogP contribution in [0.1, 0.15) is 0 Å². The Balaban J connectivity index is 2.25. The van der Waals surface area contributed by atoms with E-state index >= 15 is 0 Å². The van der Waals surface area contributed by atoms with Crippen molar-refractivity contribution >= 4 is 10.5 Å². The molecule has 0 radical (unpaired) electrons. The minimum absolute atomic E-state index is 0.0645. The predicted octanol–water partition coefficient (Wildman–Crippen LogP) is 2.34. The smallest absolute Gasteiger partial charge is 0.358 e. The van der Waals surface area contributed by atoms with Crippen LogP contribution in [-0.4, -0.2) is 13.4 Å². The van der Waals surface area contributed by atoms with Crippen molar-refractivity contribution in [2.75, 3.05) is 0 Å². The minimum Gasteiger partial charge on any atom is -0.358 e. The van der Waals surface area contributed by atoms with Crippen LogP contribution >= 0.6 is 0 Å². The van der Waals surface area contributed by atoms with Crippen molar-refractivity contribution in [1.29, 1.82) is 0 Å². The fourth-order valence-electron chi connectivity index (χ4n) is 1.36. The van der Waals surface area contributed by atoms with Crippen molar-refractivity contribution in [1.82, 2.24) is 4.98 Å². The molecule has 1 aromatic heterocycles. The molecule has 88 valence electrons. The Labute approximate surface area is 98.1 Å². The lowest BCUT2D eigenvalue weighted by Crippen LogP contribution is -2.00. The van der Waals surface area contributed by atoms with E-state index < -0.39 is 10.5 Å². The summed E-state index contributed by atoms with van der Waals surface area (Å²) in [4.78, 5) is 3.88. The highest BCUT2D eigenvalue weighted by molar-refractivity contribution is 7.81. The van der Waals surface area contributed by atoms with E-state index in [4.69, 9.17) is 0 Å². The summed E-state index contributed by atoms with van der Waals surface area (Å²) in [7, 11) is -4.96. The van der Waals surface area contributed by atoms with Gasteiger partial charge in [-0.3, -0.25) is 4.98 Å². The van der Waals surface area contributed by atoms with E-state index in [-0.39, 0.29) is 5.75 Å². The molecule has 0 aliphatic heterocycles. The molecular weight excluding hydrogens is 245 g/mol. The Kier molecular flexibility index (Phi) is 3.06. The van der Waals surface area contributed by atoms with Gasteiger partial charge in [-0.05, 0) is 35.4 Å². The molecule has 2 rings (SSSR count). The molecule has 2 aromatic rings. The molecule has 4 nitrogen and oxygen atoms in total. The number of aromatic nitrogens is 1. The second-order valence-electron chi connectivity index (χ2n) is 3.24. The summed E-state index contributed by atoms with van der Waals surface area (Å²) in [6.07, 6.45) is 3.29. The monoisotopic (exact) mass is 253 g/mol. The quantitative estimate of drug-likeness (QED) is 0.788. The first kappa shape index (κ1) is 11.5. The topological polar surface area (TPSA) is 56.3 Å². The number of hydrogen-bond donors (Lipinski definition) is 0. The van der Waals surface area contributed by atoms with Gasteiger partial charge in [0.15, 0.2) is 0 Å². The SMILES string of the molecule is O=S(=O)(F)Oc1ccc(-c2ccncc2)cc1. The van der Waals surface area contributed by atoms with Crippen LogP contribution in [0.15, 0.2) is 48.8 Å². The average Bonchev–Trinajstić information content (AvgIpc) is 2.29. The van der Waals surface area contributed by atoms with Crippen molar-refractivity contribution in [2.45, 2.75) is 0 Å². The van der Waals surface area contributed by atoms with Gasteiger partial charge in [0.1, 0.15) is 5.75 Å². The van der Waals surface area contributed by atoms with E-state index in [0.717, 1.165) is 11.1 Å². The Hall–Kier alpha value is -1.95. The number of nitrogens with zero attached hydrogens (tertiary/aromatic N) is 1. The van der Waals surface area contributed by atoms with Crippen molar-refractivity contribution in [2.24, 2.45) is 0 Å². The van der Waals surface area contributed by atoms with Crippen LogP contribution in [0.2, 0.25) is 0 Å². The van der Waals surface area contributed by atoms with E-state index in [0.29, 0.717) is 0 Å². The fraction of sp³-hybridized carbons (Fsp3) is 0. The molecule has 0 spiro atoms. The molecule has 0 aliphatic carbocycles. The van der Waals surface area contributed by atoms with Crippen molar-refractivity contribution in [3.63, 3.8) is 0 Å². The van der Waals surface area contributed by atoms with Crippen molar-refractivity contribution in [3.05, 3.63) is 48.8 Å². The maximum absolute atomic E-state index is 12.2. The van der Waals surface area contributed by atoms with Crippen LogP contribution in [0.25, 0.3) is 11.1 Å². The Morgan fingerprint density at radius 3 is 2.00 bits per heavy atom. The Bertz CT molecular complexity index is 596. The highest BCUT2D eigenvalue weighted by Gasteiger charge is 2.09. The van der Waals surface area contributed by atoms with Gasteiger partial charge in [-0.1, -0.05) is 16.0 Å². The summed E-state index contributed by atoms with van der Waals surface area (Å²) < 4.78 is 36.8. The van der Waals surface area contributed by atoms with Gasteiger partial charge >= 0.3 is 10.5 Å². The number of benzene rings is 1. The normalized spacial score (nSPS) is 11.1. The van der Waals surface area contributed by atoms with Crippen LogP contribution in [-0.2, 0) is 10.5 Å². The van der Waals surface area contributed by atoms with Crippen LogP contribution in [0.3, 0.4) is 0 Å². The van der Waals surface area contributed by atoms with Crippen LogP contribution in [0.4, 0.5) is 3.89 Å². The van der Waals surface area contributed by atoms with Gasteiger partial charge in [0.2, 0.25) is 0 Å². The van der Waals surface area contributed by atoms with Gasteiger partial charge in [0.25, 0.3) is 0 Å². The summed E-state index contributed by atoms with van der Waals surface area (Å²) >= 11 is 0. The van der Waals surface area contributed by atoms with Crippen molar-refractivity contribution < 1.29 is 16.5 Å². The molecule has 0 N–H and O–H groups in total. The van der Waals surface area contributed by atoms with E-state index in [1.165, 1.54) is 12.1 Å². The molecule has 0 amide bonds. The molecule has 0 saturated heterocycles. The number of rotatable bonds is 3. The lowest BCUT2D eigenvalue weighted by Gasteiger charge is -2.03. The largest absolute Gasteiger partial charge is 0.488 e. The van der Waals surface area contributed by atoms with E-state index in [1.54, 1.807) is 24.5 Å². The molecule has 0 atom stereocenters. The van der Waals surface area contributed by atoms with Crippen LogP contribution < -0.4 is 4.18 Å². The van der Waals surface area contributed by atoms with Crippen molar-refractivity contribution in [3.8, 4) is 16.9 Å². The van der Waals surface area contributed by atoms with E-state index in [1.807, 2.05) is 12.1 Å². The lowest BCUT2D eigenvalue weighted by atomic mass is 10.1. The standard InChI is InChI=1S/C11H8FNO3S/c12-17(14,15)16-11-3-1-9(2-4-11)10-5-7-13-8-6-10/h1-8H. The summed E-state index contributed by atoms with van der Waals surface area (Å²) in [5, 5.41) is 0. The minimum atomic E-state index is -4.96. The highest BCUT2D eigenvalue weighted by atomic mass is 32.3. The zero-order valence-electron chi connectivity index (χ0n) is 8.58. The number of hydrogen-bond acceptors (Lipinski definition) is 4. The summed E-state index contributed by atoms with van der Waals surface area (Å²) in [5.41, 5.74) is 1.78. The maximum atomic E-state index is 12.2. The first-order valence-electron chi connectivity index (χ1n) is 4.69. The summed E-state index contributed by atoms with van der Waals surface area (Å²) in [6.45, 7) is 0. The Morgan fingerprint density at radius 1 is 0.941 bits per heavy atom. The first-order valence-corrected chi connectivity index (χ1v) is 6.00. The molecule has 6 heteroatoms. The number of pyridine rings is 1. The molecule has 1 heterocycles. The van der Waals surface area contributed by atoms with Gasteiger partial charge in [0, 0.05) is 12.4 Å². The van der Waals surface area contributed by atoms with Crippen LogP contribution in [0.5, 0.6) is 5.75 Å². The highest BCUT2D eigenvalue weighted by Crippen LogP contribution is 2.22. The van der Waals surface area contributed by atoms with Gasteiger partial charge in [-0.15, -0.1) is 0 Å². The first-order chi connectivity index (χ1) is 8.04. The molecule has 0 fully saturated rings. The van der Waals surface area contributed by atoms with Gasteiger partial charge < -0.3 is 4.18 Å². The second kappa shape index (κ2) is 4.50. The maximum Gasteiger partial charge on any atom is 0.488 e. The third-order valence-electron chi connectivity index (χ3n) is 2.06. The zero-order chi connectivity index (χ0) is 12.3. The third-order valence-corrected chi connectivity index (χ3v) is 2.46. The van der Waals surface area contributed by atoms with Gasteiger partial charge in [-0.2, -0.15) is 8.42 Å². The molecule has 17 heavy (non-hydrogen) atoms. The van der Waals surface area contributed by atoms with E-state index in [2.05, 4.69) is 9.17 Å². The second-order valence-corrected chi connectivity index (χ2v) is 4.19. The summed E-state index contributed by atoms with van der Waals surface area (Å²) in [5.74, 6) is -0.0645. The molecule has 0 unspecified atom stereocenters. The molecule has 0 bridgehead atoms. The third kappa shape index (κ3) is 3.25. The molecular formula is C11H8FNO3S. The summed E-state index contributed by atoms with van der Waals surface area (Å²) in [6, 6.07) is 9.65. The van der Waals surface area contributed by atoms with Gasteiger partial charge in [-0.25, -0.2) is 0 Å². The Morgan fingerprint density at radius 2 is 1.47 bits per heavy atom. The predicted molar refractivity (Wildman–Crippen MR) is 60.3 cm³/mol. The fourth-order valence-corrected chi connectivity index (χ4v) is 1.70. The average molecular weight is 253 g/mol. The van der Waals surface area contributed by atoms with Gasteiger partial charge in [0.05, 0.1) is 0 Å².